The molecule has 0 bridgehead atoms. The molecule has 2 N–H and O–H groups in total. The average Bonchev–Trinajstić information content (AvgIpc) is 2.85. The summed E-state index contributed by atoms with van der Waals surface area (Å²) in [5, 5.41) is 0. The highest BCUT2D eigenvalue weighted by molar-refractivity contribution is 9.10. The van der Waals surface area contributed by atoms with Crippen LogP contribution in [-0.4, -0.2) is 11.6 Å². The average molecular weight is 558 g/mol. The molecule has 0 saturated heterocycles. The molecule has 0 heterocycles. The minimum absolute atomic E-state index is 0.0995. The molecule has 3 rings (SSSR count). The lowest BCUT2D eigenvalue weighted by atomic mass is 10.1. The molecular formula is C30H35BrF2N2O. The van der Waals surface area contributed by atoms with Gasteiger partial charge >= 0.3 is 0 Å². The highest BCUT2D eigenvalue weighted by atomic mass is 79.9. The minimum atomic E-state index is -2.67. The summed E-state index contributed by atoms with van der Waals surface area (Å²) in [5.41, 5.74) is 10.1. The van der Waals surface area contributed by atoms with Gasteiger partial charge in [-0.05, 0) is 49.6 Å². The van der Waals surface area contributed by atoms with Gasteiger partial charge < -0.3 is 5.73 Å². The molecule has 6 heteroatoms. The molecule has 0 aliphatic carbocycles. The lowest BCUT2D eigenvalue weighted by molar-refractivity contribution is -0.118. The predicted molar refractivity (Wildman–Crippen MR) is 152 cm³/mol. The fraction of sp³-hybridized carbons (Fsp3) is 0.267. The SMILES string of the molecule is C=C(C)c1ccccc1N=C(C)c1cccc(Br)c1.CCC(F)(F)c1ccccc1.CCCC(N)=O. The van der Waals surface area contributed by atoms with E-state index in [0.29, 0.717) is 6.42 Å². The Morgan fingerprint density at radius 2 is 1.58 bits per heavy atom. The van der Waals surface area contributed by atoms with Crippen molar-refractivity contribution in [2.45, 2.75) is 52.9 Å². The molecule has 3 nitrogen and oxygen atoms in total. The van der Waals surface area contributed by atoms with Crippen molar-refractivity contribution in [2.75, 3.05) is 0 Å². The van der Waals surface area contributed by atoms with E-state index in [4.69, 9.17) is 10.7 Å². The Balaban J connectivity index is 0.000000321. The van der Waals surface area contributed by atoms with Crippen LogP contribution in [0.3, 0.4) is 0 Å². The molecule has 36 heavy (non-hydrogen) atoms. The number of carbonyl (C=O) groups is 1. The van der Waals surface area contributed by atoms with E-state index in [1.54, 1.807) is 18.2 Å². The van der Waals surface area contributed by atoms with E-state index < -0.39 is 5.92 Å². The smallest absolute Gasteiger partial charge is 0.273 e. The van der Waals surface area contributed by atoms with Crippen LogP contribution in [0.5, 0.6) is 0 Å². The summed E-state index contributed by atoms with van der Waals surface area (Å²) in [6.45, 7) is 11.4. The highest BCUT2D eigenvalue weighted by Crippen LogP contribution is 2.30. The van der Waals surface area contributed by atoms with Crippen molar-refractivity contribution < 1.29 is 13.6 Å². The maximum absolute atomic E-state index is 12.9. The first kappa shape index (κ1) is 30.9. The molecule has 0 spiro atoms. The summed E-state index contributed by atoms with van der Waals surface area (Å²) >= 11 is 3.48. The largest absolute Gasteiger partial charge is 0.370 e. The van der Waals surface area contributed by atoms with Gasteiger partial charge in [-0.1, -0.05) is 97.0 Å². The quantitative estimate of drug-likeness (QED) is 0.290. The second-order valence-electron chi connectivity index (χ2n) is 8.15. The fourth-order valence-corrected chi connectivity index (χ4v) is 3.42. The monoisotopic (exact) mass is 556 g/mol. The molecule has 192 valence electrons. The third kappa shape index (κ3) is 11.1. The number of hydrogen-bond acceptors (Lipinski definition) is 2. The molecular weight excluding hydrogens is 522 g/mol. The number of amides is 1. The number of nitrogens with zero attached hydrogens (tertiary/aromatic N) is 1. The Bertz CT molecular complexity index is 1140. The Labute approximate surface area is 222 Å². The first-order valence-corrected chi connectivity index (χ1v) is 12.6. The minimum Gasteiger partial charge on any atom is -0.370 e. The Morgan fingerprint density at radius 3 is 2.08 bits per heavy atom. The van der Waals surface area contributed by atoms with E-state index >= 15 is 0 Å². The zero-order chi connectivity index (χ0) is 27.1. The number of halogens is 3. The van der Waals surface area contributed by atoms with Crippen molar-refractivity contribution in [3.8, 4) is 0 Å². The van der Waals surface area contributed by atoms with Gasteiger partial charge in [0.2, 0.25) is 5.91 Å². The van der Waals surface area contributed by atoms with Gasteiger partial charge in [0.25, 0.3) is 5.92 Å². The molecule has 0 fully saturated rings. The van der Waals surface area contributed by atoms with Crippen molar-refractivity contribution in [2.24, 2.45) is 10.7 Å². The highest BCUT2D eigenvalue weighted by Gasteiger charge is 2.27. The number of hydrogen-bond donors (Lipinski definition) is 1. The van der Waals surface area contributed by atoms with Crippen molar-refractivity contribution in [3.63, 3.8) is 0 Å². The van der Waals surface area contributed by atoms with Crippen molar-refractivity contribution in [1.82, 2.24) is 0 Å². The number of alkyl halides is 2. The maximum Gasteiger partial charge on any atom is 0.273 e. The lowest BCUT2D eigenvalue weighted by Crippen LogP contribution is -2.10. The standard InChI is InChI=1S/C17H16BrN.C9H10F2.C4H9NO/c1-12(2)16-9-4-5-10-17(16)19-13(3)14-7-6-8-15(18)11-14;1-2-9(10,11)8-6-4-3-5-7-8;1-2-3-4(5)6/h4-11H,1H2,2-3H3;3-7H,2H2,1H3;2-3H2,1H3,(H2,5,6). The first-order chi connectivity index (χ1) is 17.0. The van der Waals surface area contributed by atoms with Crippen LogP contribution >= 0.6 is 15.9 Å². The molecule has 1 amide bonds. The van der Waals surface area contributed by atoms with Gasteiger partial charge in [0, 0.05) is 34.2 Å². The number of rotatable bonds is 7. The molecule has 0 saturated carbocycles. The third-order valence-corrected chi connectivity index (χ3v) is 5.52. The van der Waals surface area contributed by atoms with Crippen molar-refractivity contribution in [1.29, 1.82) is 0 Å². The summed E-state index contributed by atoms with van der Waals surface area (Å²) in [7, 11) is 0. The van der Waals surface area contributed by atoms with Gasteiger partial charge in [0.05, 0.1) is 5.69 Å². The predicted octanol–water partition coefficient (Wildman–Crippen LogP) is 9.08. The molecule has 0 atom stereocenters. The molecule has 0 aromatic heterocycles. The van der Waals surface area contributed by atoms with E-state index in [2.05, 4.69) is 40.7 Å². The van der Waals surface area contributed by atoms with E-state index in [-0.39, 0.29) is 17.9 Å². The van der Waals surface area contributed by atoms with Crippen LogP contribution in [-0.2, 0) is 10.7 Å². The molecule has 0 radical (unpaired) electrons. The van der Waals surface area contributed by atoms with E-state index in [1.165, 1.54) is 19.1 Å². The van der Waals surface area contributed by atoms with Crippen LogP contribution in [0, 0.1) is 0 Å². The van der Waals surface area contributed by atoms with Crippen LogP contribution in [0.1, 0.15) is 63.6 Å². The normalized spacial score (nSPS) is 10.9. The van der Waals surface area contributed by atoms with Crippen molar-refractivity contribution in [3.05, 3.63) is 107 Å². The van der Waals surface area contributed by atoms with Gasteiger partial charge in [-0.2, -0.15) is 0 Å². The maximum atomic E-state index is 12.9. The van der Waals surface area contributed by atoms with Crippen LogP contribution < -0.4 is 5.73 Å². The number of para-hydroxylation sites is 1. The van der Waals surface area contributed by atoms with Crippen LogP contribution in [0.2, 0.25) is 0 Å². The molecule has 3 aromatic carbocycles. The van der Waals surface area contributed by atoms with E-state index in [1.807, 2.05) is 51.1 Å². The number of benzene rings is 3. The lowest BCUT2D eigenvalue weighted by Gasteiger charge is -2.13. The van der Waals surface area contributed by atoms with Crippen LogP contribution in [0.15, 0.2) is 94.9 Å². The number of allylic oxidation sites excluding steroid dienone is 1. The van der Waals surface area contributed by atoms with Gasteiger partial charge in [-0.25, -0.2) is 8.78 Å². The summed E-state index contributed by atoms with van der Waals surface area (Å²) in [6, 6.07) is 24.1. The summed E-state index contributed by atoms with van der Waals surface area (Å²) in [6.07, 6.45) is 1.23. The first-order valence-electron chi connectivity index (χ1n) is 11.8. The molecule has 0 aliphatic heterocycles. The van der Waals surface area contributed by atoms with Gasteiger partial charge in [-0.3, -0.25) is 9.79 Å². The van der Waals surface area contributed by atoms with Crippen molar-refractivity contribution >= 4 is 38.8 Å². The summed E-state index contributed by atoms with van der Waals surface area (Å²) in [4.78, 5) is 14.5. The molecule has 0 unspecified atom stereocenters. The molecule has 0 aliphatic rings. The number of primary amides is 1. The summed E-state index contributed by atoms with van der Waals surface area (Å²) in [5.74, 6) is -2.88. The zero-order valence-corrected chi connectivity index (χ0v) is 23.0. The van der Waals surface area contributed by atoms with E-state index in [0.717, 1.165) is 39.0 Å². The van der Waals surface area contributed by atoms with E-state index in [9.17, 15) is 13.6 Å². The Morgan fingerprint density at radius 1 is 0.972 bits per heavy atom. The topological polar surface area (TPSA) is 55.4 Å². The zero-order valence-electron chi connectivity index (χ0n) is 21.4. The summed E-state index contributed by atoms with van der Waals surface area (Å²) < 4.78 is 26.8. The van der Waals surface area contributed by atoms with Gasteiger partial charge in [-0.15, -0.1) is 0 Å². The second-order valence-corrected chi connectivity index (χ2v) is 9.06. The van der Waals surface area contributed by atoms with Gasteiger partial charge in [0.15, 0.2) is 0 Å². The molecule has 3 aromatic rings. The second kappa shape index (κ2) is 15.8. The number of nitrogens with two attached hydrogens (primary N) is 1. The fourth-order valence-electron chi connectivity index (χ4n) is 3.02. The van der Waals surface area contributed by atoms with Gasteiger partial charge in [0.1, 0.15) is 0 Å². The Kier molecular flexibility index (Phi) is 13.6. The van der Waals surface area contributed by atoms with Crippen LogP contribution in [0.4, 0.5) is 14.5 Å². The third-order valence-electron chi connectivity index (χ3n) is 5.03. The Hall–Kier alpha value is -3.12. The number of aliphatic imine (C=N–C) groups is 1. The number of carbonyl (C=O) groups excluding carboxylic acids is 1. The van der Waals surface area contributed by atoms with Crippen LogP contribution in [0.25, 0.3) is 5.57 Å².